The first-order valence-electron chi connectivity index (χ1n) is 11.8. The molecule has 0 aliphatic carbocycles. The summed E-state index contributed by atoms with van der Waals surface area (Å²) in [6.45, 7) is 0.873. The summed E-state index contributed by atoms with van der Waals surface area (Å²) < 4.78 is 97.4. The number of ether oxygens (including phenoxy) is 2. The molecule has 0 unspecified atom stereocenters. The van der Waals surface area contributed by atoms with E-state index >= 15 is 0 Å². The standard InChI is InChI=1S/C28H22F6N2O4/c29-27(30,31)21-7-1-19(2-8-21)5-11-25-35-23(17-39-25)15-37-13-14-38-16-24-18-40-26(36-24)12-6-20-3-9-22(10-4-20)28(32,33)34/h1-12,17-18H,13-16H2/b11-5+,12-6+. The molecular formula is C28H22F6N2O4. The van der Waals surface area contributed by atoms with Gasteiger partial charge in [-0.05, 0) is 47.5 Å². The lowest BCUT2D eigenvalue weighted by molar-refractivity contribution is -0.138. The molecule has 0 atom stereocenters. The van der Waals surface area contributed by atoms with E-state index in [2.05, 4.69) is 9.97 Å². The minimum atomic E-state index is -4.38. The summed E-state index contributed by atoms with van der Waals surface area (Å²) >= 11 is 0. The van der Waals surface area contributed by atoms with Crippen molar-refractivity contribution in [2.75, 3.05) is 13.2 Å². The molecule has 0 N–H and O–H groups in total. The van der Waals surface area contributed by atoms with Gasteiger partial charge in [0.1, 0.15) is 23.9 Å². The molecule has 0 fully saturated rings. The molecule has 0 bridgehead atoms. The number of rotatable bonds is 11. The van der Waals surface area contributed by atoms with Crippen molar-refractivity contribution < 1.29 is 44.7 Å². The third kappa shape index (κ3) is 8.68. The second-order valence-electron chi connectivity index (χ2n) is 8.37. The number of halogens is 6. The van der Waals surface area contributed by atoms with Crippen LogP contribution in [0.2, 0.25) is 0 Å². The molecule has 2 heterocycles. The van der Waals surface area contributed by atoms with Gasteiger partial charge in [-0.15, -0.1) is 0 Å². The minimum Gasteiger partial charge on any atom is -0.445 e. The van der Waals surface area contributed by atoms with Crippen LogP contribution in [0.1, 0.15) is 45.4 Å². The summed E-state index contributed by atoms with van der Waals surface area (Å²) in [6, 6.07) is 9.42. The highest BCUT2D eigenvalue weighted by atomic mass is 19.4. The van der Waals surface area contributed by atoms with Crippen LogP contribution in [-0.4, -0.2) is 23.2 Å². The highest BCUT2D eigenvalue weighted by molar-refractivity contribution is 5.66. The summed E-state index contributed by atoms with van der Waals surface area (Å²) in [5.41, 5.74) is 0.760. The molecule has 0 aliphatic heterocycles. The summed E-state index contributed by atoms with van der Waals surface area (Å²) in [5.74, 6) is 0.563. The molecule has 2 aromatic heterocycles. The van der Waals surface area contributed by atoms with Crippen LogP contribution in [0.15, 0.2) is 69.9 Å². The predicted molar refractivity (Wildman–Crippen MR) is 133 cm³/mol. The van der Waals surface area contributed by atoms with Gasteiger partial charge in [0.2, 0.25) is 11.8 Å². The quantitative estimate of drug-likeness (QED) is 0.137. The zero-order valence-electron chi connectivity index (χ0n) is 20.7. The van der Waals surface area contributed by atoms with E-state index in [1.54, 1.807) is 24.3 Å². The summed E-state index contributed by atoms with van der Waals surface area (Å²) in [5, 5.41) is 0. The van der Waals surface area contributed by atoms with E-state index in [-0.39, 0.29) is 38.2 Å². The Morgan fingerprint density at radius 1 is 0.575 bits per heavy atom. The van der Waals surface area contributed by atoms with Gasteiger partial charge in [0.05, 0.1) is 37.6 Å². The summed E-state index contributed by atoms with van der Waals surface area (Å²) in [7, 11) is 0. The van der Waals surface area contributed by atoms with Crippen molar-refractivity contribution in [2.24, 2.45) is 0 Å². The van der Waals surface area contributed by atoms with Crippen molar-refractivity contribution in [3.05, 3.63) is 106 Å². The Balaban J connectivity index is 1.13. The van der Waals surface area contributed by atoms with Gasteiger partial charge in [-0.1, -0.05) is 24.3 Å². The number of hydrogen-bond acceptors (Lipinski definition) is 6. The van der Waals surface area contributed by atoms with Crippen LogP contribution in [-0.2, 0) is 35.0 Å². The SMILES string of the molecule is FC(F)(F)c1ccc(/C=C/c2nc(COCCOCc3coc(/C=C/c4ccc(C(F)(F)F)cc4)n3)co2)cc1. The molecular weight excluding hydrogens is 542 g/mol. The average Bonchev–Trinajstić information content (AvgIpc) is 3.57. The van der Waals surface area contributed by atoms with Gasteiger partial charge in [0, 0.05) is 12.2 Å². The Bertz CT molecular complexity index is 1310. The molecule has 40 heavy (non-hydrogen) atoms. The van der Waals surface area contributed by atoms with Crippen LogP contribution in [0.25, 0.3) is 24.3 Å². The molecule has 0 aliphatic rings. The minimum absolute atomic E-state index is 0.170. The van der Waals surface area contributed by atoms with E-state index < -0.39 is 23.5 Å². The predicted octanol–water partition coefficient (Wildman–Crippen LogP) is 7.77. The summed E-state index contributed by atoms with van der Waals surface area (Å²) in [4.78, 5) is 8.45. The Hall–Kier alpha value is -4.16. The zero-order valence-corrected chi connectivity index (χ0v) is 20.7. The van der Waals surface area contributed by atoms with Crippen molar-refractivity contribution in [3.8, 4) is 0 Å². The van der Waals surface area contributed by atoms with E-state index in [0.29, 0.717) is 22.5 Å². The van der Waals surface area contributed by atoms with E-state index in [1.807, 2.05) is 0 Å². The van der Waals surface area contributed by atoms with Crippen molar-refractivity contribution in [1.29, 1.82) is 0 Å². The number of benzene rings is 2. The van der Waals surface area contributed by atoms with Crippen LogP contribution < -0.4 is 0 Å². The first-order chi connectivity index (χ1) is 19.1. The molecule has 0 saturated heterocycles. The molecule has 2 aromatic carbocycles. The Labute approximate surface area is 224 Å². The van der Waals surface area contributed by atoms with Gasteiger partial charge in [-0.25, -0.2) is 9.97 Å². The highest BCUT2D eigenvalue weighted by Crippen LogP contribution is 2.30. The molecule has 0 radical (unpaired) electrons. The Morgan fingerprint density at radius 3 is 1.30 bits per heavy atom. The van der Waals surface area contributed by atoms with E-state index in [9.17, 15) is 26.3 Å². The molecule has 4 rings (SSSR count). The maximum Gasteiger partial charge on any atom is 0.416 e. The van der Waals surface area contributed by atoms with Gasteiger partial charge in [0.25, 0.3) is 0 Å². The largest absolute Gasteiger partial charge is 0.445 e. The van der Waals surface area contributed by atoms with Gasteiger partial charge in [-0.2, -0.15) is 26.3 Å². The fourth-order valence-corrected chi connectivity index (χ4v) is 3.30. The van der Waals surface area contributed by atoms with E-state index in [4.69, 9.17) is 18.3 Å². The first kappa shape index (κ1) is 28.8. The van der Waals surface area contributed by atoms with Crippen LogP contribution in [0.4, 0.5) is 26.3 Å². The summed E-state index contributed by atoms with van der Waals surface area (Å²) in [6.07, 6.45) is 0.329. The number of oxazole rings is 2. The monoisotopic (exact) mass is 564 g/mol. The molecule has 12 heteroatoms. The maximum absolute atomic E-state index is 12.6. The molecule has 4 aromatic rings. The number of hydrogen-bond donors (Lipinski definition) is 0. The molecule has 0 saturated carbocycles. The third-order valence-electron chi connectivity index (χ3n) is 5.32. The van der Waals surface area contributed by atoms with Crippen molar-refractivity contribution in [2.45, 2.75) is 25.6 Å². The fourth-order valence-electron chi connectivity index (χ4n) is 3.30. The second-order valence-corrected chi connectivity index (χ2v) is 8.37. The lowest BCUT2D eigenvalue weighted by Crippen LogP contribution is -2.04. The number of aromatic nitrogens is 2. The first-order valence-corrected chi connectivity index (χ1v) is 11.8. The normalized spacial score (nSPS) is 12.7. The number of nitrogens with zero attached hydrogens (tertiary/aromatic N) is 2. The molecule has 210 valence electrons. The Kier molecular flexibility index (Phi) is 9.22. The van der Waals surface area contributed by atoms with E-state index in [0.717, 1.165) is 24.3 Å². The van der Waals surface area contributed by atoms with Crippen LogP contribution >= 0.6 is 0 Å². The zero-order chi connectivity index (χ0) is 28.6. The Morgan fingerprint density at radius 2 is 0.950 bits per heavy atom. The van der Waals surface area contributed by atoms with Gasteiger partial charge < -0.3 is 18.3 Å². The van der Waals surface area contributed by atoms with Crippen molar-refractivity contribution in [3.63, 3.8) is 0 Å². The lowest BCUT2D eigenvalue weighted by atomic mass is 10.1. The van der Waals surface area contributed by atoms with Gasteiger partial charge >= 0.3 is 12.4 Å². The molecule has 0 spiro atoms. The lowest BCUT2D eigenvalue weighted by Gasteiger charge is -2.05. The topological polar surface area (TPSA) is 70.5 Å². The van der Waals surface area contributed by atoms with Crippen LogP contribution in [0.5, 0.6) is 0 Å². The number of alkyl halides is 6. The second kappa shape index (κ2) is 12.8. The van der Waals surface area contributed by atoms with Gasteiger partial charge in [-0.3, -0.25) is 0 Å². The molecule has 6 nitrogen and oxygen atoms in total. The van der Waals surface area contributed by atoms with Crippen LogP contribution in [0.3, 0.4) is 0 Å². The average molecular weight is 564 g/mol. The van der Waals surface area contributed by atoms with Crippen molar-refractivity contribution >= 4 is 24.3 Å². The van der Waals surface area contributed by atoms with Crippen LogP contribution in [0, 0.1) is 0 Å². The fraction of sp³-hybridized carbons (Fsp3) is 0.214. The third-order valence-corrected chi connectivity index (χ3v) is 5.32. The highest BCUT2D eigenvalue weighted by Gasteiger charge is 2.30. The molecule has 0 amide bonds. The van der Waals surface area contributed by atoms with Crippen molar-refractivity contribution in [1.82, 2.24) is 9.97 Å². The maximum atomic E-state index is 12.6. The van der Waals surface area contributed by atoms with E-state index in [1.165, 1.54) is 36.8 Å². The van der Waals surface area contributed by atoms with Gasteiger partial charge in [0.15, 0.2) is 0 Å². The smallest absolute Gasteiger partial charge is 0.416 e.